The lowest BCUT2D eigenvalue weighted by atomic mass is 9.95. The molecule has 1 aromatic carbocycles. The molecule has 148 valence electrons. The first-order valence-corrected chi connectivity index (χ1v) is 10.0. The van der Waals surface area contributed by atoms with E-state index in [2.05, 4.69) is 27.3 Å². The number of ether oxygens (including phenoxy) is 2. The minimum Gasteiger partial charge on any atom is -0.488 e. The number of carbonyl (C=O) groups is 1. The minimum atomic E-state index is 0.0354. The molecule has 1 unspecified atom stereocenters. The fourth-order valence-corrected chi connectivity index (χ4v) is 3.68. The summed E-state index contributed by atoms with van der Waals surface area (Å²) in [6, 6.07) is 11.7. The van der Waals surface area contributed by atoms with Gasteiger partial charge >= 0.3 is 0 Å². The Labute approximate surface area is 165 Å². The van der Waals surface area contributed by atoms with Crippen LogP contribution in [0, 0.1) is 12.8 Å². The molecule has 4 rings (SSSR count). The van der Waals surface area contributed by atoms with Crippen molar-refractivity contribution in [1.82, 2.24) is 4.98 Å². The van der Waals surface area contributed by atoms with Crippen LogP contribution in [0.2, 0.25) is 0 Å². The fourth-order valence-electron chi connectivity index (χ4n) is 3.68. The number of aryl methyl sites for hydroxylation is 1. The molecule has 1 aromatic heterocycles. The van der Waals surface area contributed by atoms with E-state index in [0.717, 1.165) is 61.8 Å². The number of amides is 1. The summed E-state index contributed by atoms with van der Waals surface area (Å²) < 4.78 is 11.2. The Morgan fingerprint density at radius 2 is 1.93 bits per heavy atom. The number of rotatable bonds is 5. The Balaban J connectivity index is 1.26. The predicted octanol–water partition coefficient (Wildman–Crippen LogP) is 3.41. The van der Waals surface area contributed by atoms with Gasteiger partial charge in [0.15, 0.2) is 0 Å². The Hall–Kier alpha value is -2.60. The fraction of sp³-hybridized carbons (Fsp3) is 0.455. The van der Waals surface area contributed by atoms with Crippen molar-refractivity contribution in [2.75, 3.05) is 36.5 Å². The number of anilines is 2. The van der Waals surface area contributed by atoms with E-state index in [0.29, 0.717) is 6.61 Å². The topological polar surface area (TPSA) is 63.7 Å². The second kappa shape index (κ2) is 8.61. The van der Waals surface area contributed by atoms with Crippen molar-refractivity contribution in [3.05, 3.63) is 48.2 Å². The molecule has 0 bridgehead atoms. The number of benzene rings is 1. The maximum absolute atomic E-state index is 12.6. The Morgan fingerprint density at radius 1 is 1.14 bits per heavy atom. The number of hydrogen-bond donors (Lipinski definition) is 1. The van der Waals surface area contributed by atoms with Gasteiger partial charge in [-0.2, -0.15) is 0 Å². The van der Waals surface area contributed by atoms with Crippen LogP contribution in [0.5, 0.6) is 5.75 Å². The van der Waals surface area contributed by atoms with E-state index in [-0.39, 0.29) is 17.9 Å². The molecule has 1 atom stereocenters. The third kappa shape index (κ3) is 4.62. The summed E-state index contributed by atoms with van der Waals surface area (Å²) >= 11 is 0. The number of nitrogens with one attached hydrogen (secondary N) is 1. The highest BCUT2D eigenvalue weighted by Crippen LogP contribution is 2.24. The van der Waals surface area contributed by atoms with Gasteiger partial charge in [-0.05, 0) is 55.7 Å². The van der Waals surface area contributed by atoms with Crippen LogP contribution < -0.4 is 15.0 Å². The highest BCUT2D eigenvalue weighted by Gasteiger charge is 2.25. The highest BCUT2D eigenvalue weighted by molar-refractivity contribution is 5.92. The molecule has 6 heteroatoms. The van der Waals surface area contributed by atoms with Crippen molar-refractivity contribution in [2.45, 2.75) is 32.3 Å². The SMILES string of the molecule is Cc1ccc(N2CCC(C(=O)Nc3ccc(OC4CCOC4)cc3)CC2)nc1. The normalized spacial score (nSPS) is 20.2. The zero-order chi connectivity index (χ0) is 19.3. The molecule has 2 aliphatic heterocycles. The lowest BCUT2D eigenvalue weighted by Gasteiger charge is -2.32. The van der Waals surface area contributed by atoms with Gasteiger partial charge in [0.1, 0.15) is 17.7 Å². The smallest absolute Gasteiger partial charge is 0.227 e. The molecular formula is C22H27N3O3. The van der Waals surface area contributed by atoms with E-state index in [1.807, 2.05) is 37.4 Å². The first-order chi connectivity index (χ1) is 13.7. The van der Waals surface area contributed by atoms with Gasteiger partial charge in [-0.1, -0.05) is 6.07 Å². The monoisotopic (exact) mass is 381 g/mol. The molecule has 2 aliphatic rings. The minimum absolute atomic E-state index is 0.0354. The predicted molar refractivity (Wildman–Crippen MR) is 109 cm³/mol. The number of carbonyl (C=O) groups excluding carboxylic acids is 1. The molecule has 1 N–H and O–H groups in total. The average Bonchev–Trinajstić information content (AvgIpc) is 3.23. The highest BCUT2D eigenvalue weighted by atomic mass is 16.5. The van der Waals surface area contributed by atoms with Gasteiger partial charge in [0, 0.05) is 37.3 Å². The van der Waals surface area contributed by atoms with Gasteiger partial charge < -0.3 is 19.7 Å². The van der Waals surface area contributed by atoms with E-state index in [9.17, 15) is 4.79 Å². The van der Waals surface area contributed by atoms with Crippen LogP contribution in [0.1, 0.15) is 24.8 Å². The van der Waals surface area contributed by atoms with E-state index in [4.69, 9.17) is 9.47 Å². The number of aromatic nitrogens is 1. The zero-order valence-electron chi connectivity index (χ0n) is 16.3. The van der Waals surface area contributed by atoms with E-state index in [1.165, 1.54) is 0 Å². The van der Waals surface area contributed by atoms with Gasteiger partial charge in [-0.15, -0.1) is 0 Å². The summed E-state index contributed by atoms with van der Waals surface area (Å²) in [5.41, 5.74) is 1.97. The maximum Gasteiger partial charge on any atom is 0.227 e. The van der Waals surface area contributed by atoms with Crippen molar-refractivity contribution in [1.29, 1.82) is 0 Å². The molecule has 0 radical (unpaired) electrons. The van der Waals surface area contributed by atoms with Crippen LogP contribution in [-0.2, 0) is 9.53 Å². The summed E-state index contributed by atoms with van der Waals surface area (Å²) in [5.74, 6) is 1.93. The summed E-state index contributed by atoms with van der Waals surface area (Å²) in [5, 5.41) is 3.04. The molecule has 6 nitrogen and oxygen atoms in total. The summed E-state index contributed by atoms with van der Waals surface area (Å²) in [7, 11) is 0. The lowest BCUT2D eigenvalue weighted by Crippen LogP contribution is -2.38. The summed E-state index contributed by atoms with van der Waals surface area (Å²) in [4.78, 5) is 19.4. The third-order valence-corrected chi connectivity index (χ3v) is 5.40. The largest absolute Gasteiger partial charge is 0.488 e. The van der Waals surface area contributed by atoms with Crippen molar-refractivity contribution in [2.24, 2.45) is 5.92 Å². The van der Waals surface area contributed by atoms with Crippen LogP contribution in [-0.4, -0.2) is 43.3 Å². The number of piperidine rings is 1. The van der Waals surface area contributed by atoms with Crippen LogP contribution in [0.15, 0.2) is 42.6 Å². The summed E-state index contributed by atoms with van der Waals surface area (Å²) in [6.07, 6.45) is 4.62. The second-order valence-electron chi connectivity index (χ2n) is 7.57. The van der Waals surface area contributed by atoms with Gasteiger partial charge in [-0.25, -0.2) is 4.98 Å². The Kier molecular flexibility index (Phi) is 5.76. The van der Waals surface area contributed by atoms with Crippen molar-refractivity contribution < 1.29 is 14.3 Å². The van der Waals surface area contributed by atoms with Gasteiger partial charge in [0.25, 0.3) is 0 Å². The van der Waals surface area contributed by atoms with E-state index >= 15 is 0 Å². The molecule has 3 heterocycles. The number of hydrogen-bond acceptors (Lipinski definition) is 5. The quantitative estimate of drug-likeness (QED) is 0.860. The number of nitrogens with zero attached hydrogens (tertiary/aromatic N) is 2. The van der Waals surface area contributed by atoms with Crippen molar-refractivity contribution >= 4 is 17.4 Å². The lowest BCUT2D eigenvalue weighted by molar-refractivity contribution is -0.120. The Morgan fingerprint density at radius 3 is 2.57 bits per heavy atom. The standard InChI is InChI=1S/C22H27N3O3/c1-16-2-7-21(23-14-16)25-11-8-17(9-12-25)22(26)24-18-3-5-19(6-4-18)28-20-10-13-27-15-20/h2-7,14,17,20H,8-13,15H2,1H3,(H,24,26). The third-order valence-electron chi connectivity index (χ3n) is 5.40. The van der Waals surface area contributed by atoms with Gasteiger partial charge in [-0.3, -0.25) is 4.79 Å². The summed E-state index contributed by atoms with van der Waals surface area (Å²) in [6.45, 7) is 5.15. The molecule has 0 aliphatic carbocycles. The first kappa shape index (κ1) is 18.7. The maximum atomic E-state index is 12.6. The molecular weight excluding hydrogens is 354 g/mol. The van der Waals surface area contributed by atoms with E-state index < -0.39 is 0 Å². The molecule has 28 heavy (non-hydrogen) atoms. The zero-order valence-corrected chi connectivity index (χ0v) is 16.3. The van der Waals surface area contributed by atoms with Crippen LogP contribution >= 0.6 is 0 Å². The van der Waals surface area contributed by atoms with E-state index in [1.54, 1.807) is 0 Å². The van der Waals surface area contributed by atoms with Crippen molar-refractivity contribution in [3.63, 3.8) is 0 Å². The van der Waals surface area contributed by atoms with Crippen molar-refractivity contribution in [3.8, 4) is 5.75 Å². The first-order valence-electron chi connectivity index (χ1n) is 10.0. The average molecular weight is 381 g/mol. The van der Waals surface area contributed by atoms with Crippen LogP contribution in [0.25, 0.3) is 0 Å². The Bertz CT molecular complexity index is 778. The van der Waals surface area contributed by atoms with Gasteiger partial charge in [0.2, 0.25) is 5.91 Å². The molecule has 2 aromatic rings. The van der Waals surface area contributed by atoms with Gasteiger partial charge in [0.05, 0.1) is 13.2 Å². The van der Waals surface area contributed by atoms with Crippen LogP contribution in [0.4, 0.5) is 11.5 Å². The molecule has 2 saturated heterocycles. The second-order valence-corrected chi connectivity index (χ2v) is 7.57. The van der Waals surface area contributed by atoms with Crippen LogP contribution in [0.3, 0.4) is 0 Å². The molecule has 0 spiro atoms. The molecule has 0 saturated carbocycles. The number of pyridine rings is 1. The molecule has 2 fully saturated rings. The molecule has 1 amide bonds.